The first-order valence-corrected chi connectivity index (χ1v) is 5.77. The number of carboxylic acids is 1. The summed E-state index contributed by atoms with van der Waals surface area (Å²) in [6, 6.07) is -0.639. The van der Waals surface area contributed by atoms with Gasteiger partial charge in [-0.3, -0.25) is 19.2 Å². The first-order valence-electron chi connectivity index (χ1n) is 5.77. The van der Waals surface area contributed by atoms with Gasteiger partial charge < -0.3 is 10.4 Å². The molecule has 2 heterocycles. The summed E-state index contributed by atoms with van der Waals surface area (Å²) in [7, 11) is 1.83. The minimum Gasteiger partial charge on any atom is -0.480 e. The fourth-order valence-electron chi connectivity index (χ4n) is 2.04. The summed E-state index contributed by atoms with van der Waals surface area (Å²) >= 11 is 0. The molecule has 18 heavy (non-hydrogen) atoms. The molecule has 98 valence electrons. The zero-order chi connectivity index (χ0) is 13.1. The predicted molar refractivity (Wildman–Crippen MR) is 62.9 cm³/mol. The lowest BCUT2D eigenvalue weighted by molar-refractivity contribution is -0.145. The van der Waals surface area contributed by atoms with Gasteiger partial charge in [-0.1, -0.05) is 0 Å². The number of piperazine rings is 1. The Morgan fingerprint density at radius 2 is 2.44 bits per heavy atom. The van der Waals surface area contributed by atoms with E-state index in [1.807, 2.05) is 13.2 Å². The van der Waals surface area contributed by atoms with Gasteiger partial charge in [0.1, 0.15) is 6.04 Å². The maximum Gasteiger partial charge on any atom is 0.322 e. The number of hydrogen-bond donors (Lipinski definition) is 2. The maximum atomic E-state index is 11.3. The van der Waals surface area contributed by atoms with Crippen molar-refractivity contribution in [2.75, 3.05) is 19.6 Å². The van der Waals surface area contributed by atoms with Crippen molar-refractivity contribution in [1.82, 2.24) is 20.0 Å². The van der Waals surface area contributed by atoms with E-state index in [-0.39, 0.29) is 19.0 Å². The first-order chi connectivity index (χ1) is 8.56. The Bertz CT molecular complexity index is 457. The van der Waals surface area contributed by atoms with E-state index < -0.39 is 12.0 Å². The average molecular weight is 252 g/mol. The lowest BCUT2D eigenvalue weighted by atomic mass is 10.1. The minimum atomic E-state index is -0.902. The van der Waals surface area contributed by atoms with Crippen molar-refractivity contribution in [3.05, 3.63) is 18.0 Å². The van der Waals surface area contributed by atoms with Crippen LogP contribution in [0.1, 0.15) is 5.56 Å². The fourth-order valence-corrected chi connectivity index (χ4v) is 2.04. The highest BCUT2D eigenvalue weighted by atomic mass is 16.4. The first kappa shape index (κ1) is 12.6. The smallest absolute Gasteiger partial charge is 0.322 e. The monoisotopic (exact) mass is 252 g/mol. The normalized spacial score (nSPS) is 20.7. The molecule has 1 amide bonds. The highest BCUT2D eigenvalue weighted by Crippen LogP contribution is 2.07. The van der Waals surface area contributed by atoms with Crippen LogP contribution < -0.4 is 5.32 Å². The van der Waals surface area contributed by atoms with Gasteiger partial charge in [0.15, 0.2) is 0 Å². The van der Waals surface area contributed by atoms with Crippen molar-refractivity contribution in [1.29, 1.82) is 0 Å². The Kier molecular flexibility index (Phi) is 3.61. The molecule has 1 aliphatic rings. The van der Waals surface area contributed by atoms with Crippen LogP contribution >= 0.6 is 0 Å². The minimum absolute atomic E-state index is 0.126. The third-order valence-electron chi connectivity index (χ3n) is 3.01. The topological polar surface area (TPSA) is 87.5 Å². The molecule has 1 aromatic heterocycles. The lowest BCUT2D eigenvalue weighted by Crippen LogP contribution is -2.57. The quantitative estimate of drug-likeness (QED) is 0.706. The fraction of sp³-hybridized carbons (Fsp3) is 0.545. The van der Waals surface area contributed by atoms with Gasteiger partial charge in [0.2, 0.25) is 5.91 Å². The third-order valence-corrected chi connectivity index (χ3v) is 3.01. The van der Waals surface area contributed by atoms with E-state index in [0.29, 0.717) is 13.0 Å². The number of amides is 1. The van der Waals surface area contributed by atoms with E-state index in [1.54, 1.807) is 15.8 Å². The van der Waals surface area contributed by atoms with Crippen LogP contribution in [0.4, 0.5) is 0 Å². The third kappa shape index (κ3) is 2.86. The molecule has 1 atom stereocenters. The Morgan fingerprint density at radius 1 is 1.67 bits per heavy atom. The van der Waals surface area contributed by atoms with E-state index in [2.05, 4.69) is 10.4 Å². The number of carboxylic acid groups (broad SMARTS) is 1. The number of carbonyl (C=O) groups excluding carboxylic acids is 1. The molecule has 1 aromatic rings. The van der Waals surface area contributed by atoms with E-state index in [1.165, 1.54) is 0 Å². The Balaban J connectivity index is 1.96. The summed E-state index contributed by atoms with van der Waals surface area (Å²) in [5.74, 6) is -1.03. The van der Waals surface area contributed by atoms with E-state index in [4.69, 9.17) is 5.11 Å². The molecule has 1 saturated heterocycles. The molecule has 1 aliphatic heterocycles. The maximum absolute atomic E-state index is 11.3. The summed E-state index contributed by atoms with van der Waals surface area (Å²) < 4.78 is 1.70. The van der Waals surface area contributed by atoms with Crippen LogP contribution in [-0.2, 0) is 23.1 Å². The van der Waals surface area contributed by atoms with Crippen molar-refractivity contribution in [2.45, 2.75) is 12.5 Å². The Labute approximate surface area is 104 Å². The summed E-state index contributed by atoms with van der Waals surface area (Å²) in [6.07, 6.45) is 4.32. The summed E-state index contributed by atoms with van der Waals surface area (Å²) in [5, 5.41) is 15.7. The number of aliphatic carboxylic acids is 1. The summed E-state index contributed by atoms with van der Waals surface area (Å²) in [6.45, 7) is 0.842. The van der Waals surface area contributed by atoms with Crippen LogP contribution in [0.15, 0.2) is 12.4 Å². The van der Waals surface area contributed by atoms with Gasteiger partial charge in [-0.25, -0.2) is 0 Å². The number of aryl methyl sites for hydroxylation is 1. The van der Waals surface area contributed by atoms with Gasteiger partial charge in [-0.2, -0.15) is 5.10 Å². The van der Waals surface area contributed by atoms with Crippen molar-refractivity contribution in [3.8, 4) is 0 Å². The van der Waals surface area contributed by atoms with Crippen molar-refractivity contribution >= 4 is 11.9 Å². The van der Waals surface area contributed by atoms with Crippen molar-refractivity contribution < 1.29 is 14.7 Å². The summed E-state index contributed by atoms with van der Waals surface area (Å²) in [4.78, 5) is 24.1. The number of hydrogen-bond acceptors (Lipinski definition) is 4. The molecule has 0 saturated carbocycles. The molecule has 0 radical (unpaired) electrons. The molecule has 7 nitrogen and oxygen atoms in total. The molecule has 0 aromatic carbocycles. The number of carbonyl (C=O) groups is 2. The highest BCUT2D eigenvalue weighted by molar-refractivity contribution is 5.83. The molecule has 1 unspecified atom stereocenters. The molecule has 0 aliphatic carbocycles. The standard InChI is InChI=1S/C11H16N4O3/c1-14-6-8(4-13-14)2-3-15-7-10(16)12-5-9(15)11(17)18/h4,6,9H,2-3,5,7H2,1H3,(H,12,16)(H,17,18). The number of nitrogens with one attached hydrogen (secondary N) is 1. The second-order valence-corrected chi connectivity index (χ2v) is 4.40. The van der Waals surface area contributed by atoms with Gasteiger partial charge in [-0.15, -0.1) is 0 Å². The molecule has 0 bridgehead atoms. The van der Waals surface area contributed by atoms with Crippen LogP contribution in [0.25, 0.3) is 0 Å². The van der Waals surface area contributed by atoms with Crippen molar-refractivity contribution in [2.24, 2.45) is 7.05 Å². The average Bonchev–Trinajstić information content (AvgIpc) is 2.72. The number of aromatic nitrogens is 2. The molecule has 7 heteroatoms. The summed E-state index contributed by atoms with van der Waals surface area (Å²) in [5.41, 5.74) is 1.03. The second kappa shape index (κ2) is 5.18. The lowest BCUT2D eigenvalue weighted by Gasteiger charge is -2.32. The van der Waals surface area contributed by atoms with E-state index >= 15 is 0 Å². The largest absolute Gasteiger partial charge is 0.480 e. The van der Waals surface area contributed by atoms with Gasteiger partial charge in [0.05, 0.1) is 12.7 Å². The van der Waals surface area contributed by atoms with Crippen LogP contribution in [0.5, 0.6) is 0 Å². The molecule has 2 N–H and O–H groups in total. The van der Waals surface area contributed by atoms with Crippen LogP contribution in [0.3, 0.4) is 0 Å². The molecular weight excluding hydrogens is 236 g/mol. The van der Waals surface area contributed by atoms with Crippen LogP contribution in [0, 0.1) is 0 Å². The second-order valence-electron chi connectivity index (χ2n) is 4.40. The molecule has 0 spiro atoms. The highest BCUT2D eigenvalue weighted by Gasteiger charge is 2.31. The van der Waals surface area contributed by atoms with Gasteiger partial charge >= 0.3 is 5.97 Å². The van der Waals surface area contributed by atoms with Crippen LogP contribution in [-0.4, -0.2) is 57.3 Å². The number of rotatable bonds is 4. The van der Waals surface area contributed by atoms with Crippen LogP contribution in [0.2, 0.25) is 0 Å². The molecule has 2 rings (SSSR count). The van der Waals surface area contributed by atoms with Gasteiger partial charge in [-0.05, 0) is 12.0 Å². The number of nitrogens with zero attached hydrogens (tertiary/aromatic N) is 3. The Morgan fingerprint density at radius 3 is 3.06 bits per heavy atom. The zero-order valence-corrected chi connectivity index (χ0v) is 10.2. The van der Waals surface area contributed by atoms with Gasteiger partial charge in [0.25, 0.3) is 0 Å². The zero-order valence-electron chi connectivity index (χ0n) is 10.2. The SMILES string of the molecule is Cn1cc(CCN2CC(=O)NCC2C(=O)O)cn1. The molecule has 1 fully saturated rings. The van der Waals surface area contributed by atoms with Crippen molar-refractivity contribution in [3.63, 3.8) is 0 Å². The van der Waals surface area contributed by atoms with E-state index in [9.17, 15) is 9.59 Å². The predicted octanol–water partition coefficient (Wildman–Crippen LogP) is -1.15. The van der Waals surface area contributed by atoms with E-state index in [0.717, 1.165) is 5.56 Å². The van der Waals surface area contributed by atoms with Gasteiger partial charge in [0, 0.05) is 26.3 Å². The Hall–Kier alpha value is -1.89. The molecular formula is C11H16N4O3.